The number of urea groups is 1. The Bertz CT molecular complexity index is 508. The molecule has 1 spiro atoms. The first kappa shape index (κ1) is 15.4. The van der Waals surface area contributed by atoms with Crippen molar-refractivity contribution in [3.63, 3.8) is 0 Å². The van der Waals surface area contributed by atoms with Crippen LogP contribution in [0.5, 0.6) is 0 Å². The van der Waals surface area contributed by atoms with Gasteiger partial charge in [0.2, 0.25) is 0 Å². The lowest BCUT2D eigenvalue weighted by Crippen LogP contribution is -2.41. The minimum atomic E-state index is -0.370. The molecule has 1 aromatic heterocycles. The van der Waals surface area contributed by atoms with Crippen LogP contribution >= 0.6 is 0 Å². The average molecular weight is 307 g/mol. The maximum Gasteiger partial charge on any atom is 0.315 e. The molecule has 122 valence electrons. The largest absolute Gasteiger partial charge is 0.357 e. The first-order chi connectivity index (χ1) is 10.7. The summed E-state index contributed by atoms with van der Waals surface area (Å²) in [6.07, 6.45) is 9.45. The molecule has 0 aromatic carbocycles. The molecule has 1 aliphatic heterocycles. The van der Waals surface area contributed by atoms with Gasteiger partial charge >= 0.3 is 6.03 Å². The molecule has 6 heteroatoms. The summed E-state index contributed by atoms with van der Waals surface area (Å²) in [5, 5.41) is 5.71. The van der Waals surface area contributed by atoms with Gasteiger partial charge in [0.05, 0.1) is 6.61 Å². The number of hydrogen-bond acceptors (Lipinski definition) is 3. The van der Waals surface area contributed by atoms with Gasteiger partial charge in [-0.3, -0.25) is 0 Å². The van der Waals surface area contributed by atoms with E-state index in [4.69, 9.17) is 9.47 Å². The van der Waals surface area contributed by atoms with E-state index in [1.807, 2.05) is 30.1 Å². The molecular weight excluding hydrogens is 282 g/mol. The third kappa shape index (κ3) is 3.81. The zero-order chi connectivity index (χ0) is 15.4. The van der Waals surface area contributed by atoms with Crippen molar-refractivity contribution in [2.45, 2.75) is 50.5 Å². The molecule has 1 saturated heterocycles. The van der Waals surface area contributed by atoms with E-state index in [2.05, 4.69) is 10.6 Å². The molecule has 2 aliphatic rings. The van der Waals surface area contributed by atoms with Crippen LogP contribution in [0, 0.1) is 0 Å². The third-order valence-corrected chi connectivity index (χ3v) is 4.37. The highest BCUT2D eigenvalue weighted by atomic mass is 16.7. The minimum absolute atomic E-state index is 0.0411. The predicted octanol–water partition coefficient (Wildman–Crippen LogP) is 1.90. The molecule has 1 atom stereocenters. The Morgan fingerprint density at radius 1 is 1.36 bits per heavy atom. The van der Waals surface area contributed by atoms with Crippen LogP contribution in [0.15, 0.2) is 18.5 Å². The monoisotopic (exact) mass is 307 g/mol. The Morgan fingerprint density at radius 3 is 2.91 bits per heavy atom. The van der Waals surface area contributed by atoms with Crippen molar-refractivity contribution in [1.82, 2.24) is 15.2 Å². The van der Waals surface area contributed by atoms with E-state index in [1.54, 1.807) is 0 Å². The maximum atomic E-state index is 11.8. The van der Waals surface area contributed by atoms with Gasteiger partial charge in [0.25, 0.3) is 0 Å². The second-order valence-corrected chi connectivity index (χ2v) is 6.27. The Morgan fingerprint density at radius 2 is 2.18 bits per heavy atom. The highest BCUT2D eigenvalue weighted by Gasteiger charge is 2.42. The summed E-state index contributed by atoms with van der Waals surface area (Å²) in [5.41, 5.74) is 1.08. The molecule has 1 aromatic rings. The fourth-order valence-corrected chi connectivity index (χ4v) is 3.19. The van der Waals surface area contributed by atoms with Crippen molar-refractivity contribution in [2.75, 3.05) is 13.2 Å². The van der Waals surface area contributed by atoms with Crippen LogP contribution in [-0.4, -0.2) is 35.6 Å². The highest BCUT2D eigenvalue weighted by Crippen LogP contribution is 2.37. The Kier molecular flexibility index (Phi) is 4.69. The first-order valence-corrected chi connectivity index (χ1v) is 8.10. The smallest absolute Gasteiger partial charge is 0.315 e. The standard InChI is InChI=1S/C16H25N3O3/c1-19-8-5-13(11-19)9-17-15(20)18-10-14-12-21-16(22-14)6-3-2-4-7-16/h5,8,11,14H,2-4,6-7,9-10,12H2,1H3,(H2,17,18,20). The quantitative estimate of drug-likeness (QED) is 0.893. The van der Waals surface area contributed by atoms with Gasteiger partial charge in [0.15, 0.2) is 5.79 Å². The van der Waals surface area contributed by atoms with Gasteiger partial charge in [-0.25, -0.2) is 4.79 Å². The number of aromatic nitrogens is 1. The molecule has 2 N–H and O–H groups in total. The normalized spacial score (nSPS) is 23.6. The summed E-state index contributed by atoms with van der Waals surface area (Å²) in [5.74, 6) is -0.370. The number of rotatable bonds is 4. The molecule has 1 saturated carbocycles. The van der Waals surface area contributed by atoms with Crippen molar-refractivity contribution in [2.24, 2.45) is 7.05 Å². The van der Waals surface area contributed by atoms with E-state index in [1.165, 1.54) is 6.42 Å². The lowest BCUT2D eigenvalue weighted by Gasteiger charge is -2.31. The molecule has 2 heterocycles. The molecule has 2 fully saturated rings. The van der Waals surface area contributed by atoms with Crippen molar-refractivity contribution >= 4 is 6.03 Å². The molecular formula is C16H25N3O3. The van der Waals surface area contributed by atoms with Gasteiger partial charge in [0, 0.05) is 45.4 Å². The number of aryl methyl sites for hydroxylation is 1. The van der Waals surface area contributed by atoms with E-state index < -0.39 is 0 Å². The Hall–Kier alpha value is -1.53. The van der Waals surface area contributed by atoms with Gasteiger partial charge in [-0.2, -0.15) is 0 Å². The summed E-state index contributed by atoms with van der Waals surface area (Å²) in [7, 11) is 1.96. The van der Waals surface area contributed by atoms with Crippen LogP contribution in [0.3, 0.4) is 0 Å². The van der Waals surface area contributed by atoms with E-state index in [9.17, 15) is 4.79 Å². The molecule has 0 radical (unpaired) electrons. The summed E-state index contributed by atoms with van der Waals surface area (Å²) >= 11 is 0. The summed E-state index contributed by atoms with van der Waals surface area (Å²) < 4.78 is 13.9. The molecule has 6 nitrogen and oxygen atoms in total. The fourth-order valence-electron chi connectivity index (χ4n) is 3.19. The Labute approximate surface area is 131 Å². The number of hydrogen-bond donors (Lipinski definition) is 2. The van der Waals surface area contributed by atoms with Gasteiger partial charge in [0.1, 0.15) is 6.10 Å². The van der Waals surface area contributed by atoms with Gasteiger partial charge in [-0.1, -0.05) is 6.42 Å². The van der Waals surface area contributed by atoms with E-state index >= 15 is 0 Å². The summed E-state index contributed by atoms with van der Waals surface area (Å²) in [6.45, 7) is 1.58. The predicted molar refractivity (Wildman–Crippen MR) is 82.3 cm³/mol. The van der Waals surface area contributed by atoms with E-state index in [0.717, 1.165) is 31.2 Å². The molecule has 0 bridgehead atoms. The van der Waals surface area contributed by atoms with Crippen molar-refractivity contribution in [3.05, 3.63) is 24.0 Å². The zero-order valence-electron chi connectivity index (χ0n) is 13.1. The maximum absolute atomic E-state index is 11.8. The fraction of sp³-hybridized carbons (Fsp3) is 0.688. The van der Waals surface area contributed by atoms with Gasteiger partial charge < -0.3 is 24.7 Å². The molecule has 2 amide bonds. The lowest BCUT2D eigenvalue weighted by molar-refractivity contribution is -0.186. The van der Waals surface area contributed by atoms with Crippen LogP contribution in [0.25, 0.3) is 0 Å². The third-order valence-electron chi connectivity index (χ3n) is 4.37. The number of nitrogens with one attached hydrogen (secondary N) is 2. The van der Waals surface area contributed by atoms with Crippen LogP contribution in [0.4, 0.5) is 4.79 Å². The van der Waals surface area contributed by atoms with Crippen molar-refractivity contribution < 1.29 is 14.3 Å². The summed E-state index contributed by atoms with van der Waals surface area (Å²) in [6, 6.07) is 1.82. The van der Waals surface area contributed by atoms with E-state index in [-0.39, 0.29) is 17.9 Å². The summed E-state index contributed by atoms with van der Waals surface area (Å²) in [4.78, 5) is 11.8. The molecule has 22 heavy (non-hydrogen) atoms. The minimum Gasteiger partial charge on any atom is -0.357 e. The van der Waals surface area contributed by atoms with Gasteiger partial charge in [-0.15, -0.1) is 0 Å². The van der Waals surface area contributed by atoms with Gasteiger partial charge in [-0.05, 0) is 24.5 Å². The van der Waals surface area contributed by atoms with Crippen molar-refractivity contribution in [1.29, 1.82) is 0 Å². The van der Waals surface area contributed by atoms with Crippen LogP contribution in [0.1, 0.15) is 37.7 Å². The molecule has 1 unspecified atom stereocenters. The second-order valence-electron chi connectivity index (χ2n) is 6.27. The van der Waals surface area contributed by atoms with Crippen LogP contribution in [0.2, 0.25) is 0 Å². The highest BCUT2D eigenvalue weighted by molar-refractivity contribution is 5.73. The number of nitrogens with zero attached hydrogens (tertiary/aromatic N) is 1. The topological polar surface area (TPSA) is 64.5 Å². The van der Waals surface area contributed by atoms with Crippen LogP contribution in [-0.2, 0) is 23.1 Å². The van der Waals surface area contributed by atoms with Crippen molar-refractivity contribution in [3.8, 4) is 0 Å². The average Bonchev–Trinajstić information content (AvgIpc) is 3.11. The zero-order valence-corrected chi connectivity index (χ0v) is 13.1. The molecule has 1 aliphatic carbocycles. The van der Waals surface area contributed by atoms with Crippen LogP contribution < -0.4 is 10.6 Å². The number of carbonyl (C=O) groups excluding carboxylic acids is 1. The number of amides is 2. The lowest BCUT2D eigenvalue weighted by atomic mass is 9.94. The van der Waals surface area contributed by atoms with E-state index in [0.29, 0.717) is 19.7 Å². The molecule has 3 rings (SSSR count). The number of carbonyl (C=O) groups is 1. The first-order valence-electron chi connectivity index (χ1n) is 8.10. The SMILES string of the molecule is Cn1ccc(CNC(=O)NCC2COC3(CCCCC3)O2)c1. The second kappa shape index (κ2) is 6.71. The number of ether oxygens (including phenoxy) is 2. The Balaban J connectivity index is 1.36.